The fourth-order valence-electron chi connectivity index (χ4n) is 3.20. The zero-order valence-corrected chi connectivity index (χ0v) is 15.4. The first-order valence-corrected chi connectivity index (χ1v) is 11.6. The molecule has 0 saturated carbocycles. The van der Waals surface area contributed by atoms with Crippen molar-refractivity contribution in [1.29, 1.82) is 0 Å². The van der Waals surface area contributed by atoms with Crippen molar-refractivity contribution in [2.45, 2.75) is 35.1 Å². The smallest absolute Gasteiger partial charge is 0.183 e. The summed E-state index contributed by atoms with van der Waals surface area (Å²) in [5, 5.41) is 2.54. The number of sulfone groups is 2. The van der Waals surface area contributed by atoms with Crippen molar-refractivity contribution in [2.75, 3.05) is 24.7 Å². The van der Waals surface area contributed by atoms with Gasteiger partial charge in [-0.05, 0) is 37.1 Å². The Morgan fingerprint density at radius 1 is 1.21 bits per heavy atom. The third-order valence-electron chi connectivity index (χ3n) is 4.47. The van der Waals surface area contributed by atoms with Crippen LogP contribution < -0.4 is 5.32 Å². The van der Waals surface area contributed by atoms with Crippen LogP contribution >= 0.6 is 11.6 Å². The molecule has 6 nitrogen and oxygen atoms in total. The van der Waals surface area contributed by atoms with Gasteiger partial charge in [-0.1, -0.05) is 11.6 Å². The van der Waals surface area contributed by atoms with Crippen molar-refractivity contribution in [1.82, 2.24) is 5.32 Å². The van der Waals surface area contributed by atoms with Gasteiger partial charge in [0.25, 0.3) is 0 Å². The van der Waals surface area contributed by atoms with Crippen molar-refractivity contribution in [3.8, 4) is 0 Å². The maximum atomic E-state index is 12.9. The van der Waals surface area contributed by atoms with E-state index < -0.39 is 31.0 Å². The van der Waals surface area contributed by atoms with E-state index in [0.29, 0.717) is 18.2 Å². The highest BCUT2D eigenvalue weighted by Crippen LogP contribution is 2.27. The molecule has 1 aromatic rings. The highest BCUT2D eigenvalue weighted by molar-refractivity contribution is 7.96. The Morgan fingerprint density at radius 2 is 1.92 bits per heavy atom. The Labute approximate surface area is 147 Å². The summed E-state index contributed by atoms with van der Waals surface area (Å²) in [4.78, 5) is 0.0953. The zero-order valence-electron chi connectivity index (χ0n) is 13.0. The predicted octanol–water partition coefficient (Wildman–Crippen LogP) is 1.05. The van der Waals surface area contributed by atoms with Crippen LogP contribution in [0.4, 0.5) is 0 Å². The predicted molar refractivity (Wildman–Crippen MR) is 91.8 cm³/mol. The number of halogens is 1. The van der Waals surface area contributed by atoms with Crippen molar-refractivity contribution in [3.05, 3.63) is 29.3 Å². The Morgan fingerprint density at radius 3 is 2.54 bits per heavy atom. The number of benzene rings is 1. The van der Waals surface area contributed by atoms with E-state index in [4.69, 9.17) is 16.3 Å². The SMILES string of the molecule is O=S1(=O)C[C@H](NC[C@H]2CCCO2)[C@@H](S(=O)(=O)c2ccc(Cl)cc2)C1. The van der Waals surface area contributed by atoms with Crippen LogP contribution in [0.2, 0.25) is 5.02 Å². The van der Waals surface area contributed by atoms with E-state index in [-0.39, 0.29) is 22.5 Å². The lowest BCUT2D eigenvalue weighted by Crippen LogP contribution is -2.45. The normalized spacial score (nSPS) is 29.8. The Kier molecular flexibility index (Phi) is 5.22. The molecule has 0 spiro atoms. The summed E-state index contributed by atoms with van der Waals surface area (Å²) >= 11 is 5.80. The molecule has 2 fully saturated rings. The Balaban J connectivity index is 1.80. The van der Waals surface area contributed by atoms with Crippen LogP contribution in [-0.2, 0) is 24.4 Å². The topological polar surface area (TPSA) is 89.5 Å². The summed E-state index contributed by atoms with van der Waals surface area (Å²) in [6, 6.07) is 5.19. The minimum Gasteiger partial charge on any atom is -0.377 e. The van der Waals surface area contributed by atoms with E-state index in [1.165, 1.54) is 24.3 Å². The van der Waals surface area contributed by atoms with Crippen LogP contribution in [0, 0.1) is 0 Å². The second kappa shape index (κ2) is 6.92. The molecule has 0 amide bonds. The van der Waals surface area contributed by atoms with Gasteiger partial charge in [0.05, 0.1) is 27.8 Å². The van der Waals surface area contributed by atoms with Crippen LogP contribution in [0.25, 0.3) is 0 Å². The number of rotatable bonds is 5. The fourth-order valence-corrected chi connectivity index (χ4v) is 8.04. The van der Waals surface area contributed by atoms with Gasteiger partial charge >= 0.3 is 0 Å². The summed E-state index contributed by atoms with van der Waals surface area (Å²) < 4.78 is 55.3. The molecule has 0 aromatic heterocycles. The van der Waals surface area contributed by atoms with E-state index >= 15 is 0 Å². The molecule has 134 valence electrons. The third kappa shape index (κ3) is 3.94. The van der Waals surface area contributed by atoms with E-state index in [0.717, 1.165) is 12.8 Å². The summed E-state index contributed by atoms with van der Waals surface area (Å²) in [5.41, 5.74) is 0. The molecule has 0 aliphatic carbocycles. The first kappa shape index (κ1) is 18.1. The van der Waals surface area contributed by atoms with E-state index in [2.05, 4.69) is 5.32 Å². The molecule has 9 heteroatoms. The monoisotopic (exact) mass is 393 g/mol. The summed E-state index contributed by atoms with van der Waals surface area (Å²) in [6.07, 6.45) is 1.90. The fraction of sp³-hybridized carbons (Fsp3) is 0.600. The highest BCUT2D eigenvalue weighted by Gasteiger charge is 2.45. The maximum Gasteiger partial charge on any atom is 0.183 e. The van der Waals surface area contributed by atoms with E-state index in [1.54, 1.807) is 0 Å². The van der Waals surface area contributed by atoms with Crippen LogP contribution in [0.5, 0.6) is 0 Å². The van der Waals surface area contributed by atoms with Gasteiger partial charge in [0, 0.05) is 24.2 Å². The third-order valence-corrected chi connectivity index (χ3v) is 8.89. The van der Waals surface area contributed by atoms with Crippen molar-refractivity contribution in [2.24, 2.45) is 0 Å². The lowest BCUT2D eigenvalue weighted by molar-refractivity contribution is 0.108. The molecule has 0 bridgehead atoms. The van der Waals surface area contributed by atoms with Gasteiger partial charge in [-0.2, -0.15) is 0 Å². The number of nitrogens with one attached hydrogen (secondary N) is 1. The molecule has 0 radical (unpaired) electrons. The number of ether oxygens (including phenoxy) is 1. The van der Waals surface area contributed by atoms with Crippen LogP contribution in [0.3, 0.4) is 0 Å². The lowest BCUT2D eigenvalue weighted by atomic mass is 10.2. The lowest BCUT2D eigenvalue weighted by Gasteiger charge is -2.21. The molecule has 24 heavy (non-hydrogen) atoms. The second-order valence-corrected chi connectivity index (χ2v) is 11.0. The Bertz CT molecular complexity index is 786. The zero-order chi connectivity index (χ0) is 17.4. The molecule has 2 aliphatic heterocycles. The van der Waals surface area contributed by atoms with Gasteiger partial charge in [0.15, 0.2) is 19.7 Å². The molecule has 2 heterocycles. The van der Waals surface area contributed by atoms with Gasteiger partial charge in [-0.3, -0.25) is 0 Å². The van der Waals surface area contributed by atoms with Crippen LogP contribution in [0.15, 0.2) is 29.2 Å². The molecular formula is C15H20ClNO5S2. The van der Waals surface area contributed by atoms with Crippen molar-refractivity contribution in [3.63, 3.8) is 0 Å². The summed E-state index contributed by atoms with van der Waals surface area (Å²) in [5.74, 6) is -0.529. The number of hydrogen-bond acceptors (Lipinski definition) is 6. The van der Waals surface area contributed by atoms with E-state index in [1.807, 2.05) is 0 Å². The van der Waals surface area contributed by atoms with Gasteiger partial charge in [0.2, 0.25) is 0 Å². The molecule has 0 unspecified atom stereocenters. The largest absolute Gasteiger partial charge is 0.377 e. The molecule has 1 aromatic carbocycles. The minimum atomic E-state index is -3.76. The average molecular weight is 394 g/mol. The first-order chi connectivity index (χ1) is 11.3. The molecule has 3 rings (SSSR count). The van der Waals surface area contributed by atoms with Gasteiger partial charge < -0.3 is 10.1 Å². The average Bonchev–Trinajstić information content (AvgIpc) is 3.13. The molecule has 3 atom stereocenters. The second-order valence-electron chi connectivity index (χ2n) is 6.26. The van der Waals surface area contributed by atoms with Crippen molar-refractivity contribution < 1.29 is 21.6 Å². The summed E-state index contributed by atoms with van der Waals surface area (Å²) in [6.45, 7) is 1.16. The van der Waals surface area contributed by atoms with Gasteiger partial charge in [0.1, 0.15) is 0 Å². The first-order valence-electron chi connectivity index (χ1n) is 7.83. The standard InChI is InChI=1S/C15H20ClNO5S2/c16-11-3-5-13(6-4-11)24(20,21)15-10-23(18,19)9-14(15)17-8-12-2-1-7-22-12/h3-6,12,14-15,17H,1-2,7-10H2/t12-,14+,15+/m1/s1. The van der Waals surface area contributed by atoms with E-state index in [9.17, 15) is 16.8 Å². The van der Waals surface area contributed by atoms with Gasteiger partial charge in [-0.15, -0.1) is 0 Å². The van der Waals surface area contributed by atoms with Crippen LogP contribution in [0.1, 0.15) is 12.8 Å². The highest BCUT2D eigenvalue weighted by atomic mass is 35.5. The van der Waals surface area contributed by atoms with Crippen LogP contribution in [-0.4, -0.2) is 58.9 Å². The van der Waals surface area contributed by atoms with Gasteiger partial charge in [-0.25, -0.2) is 16.8 Å². The molecule has 2 saturated heterocycles. The quantitative estimate of drug-likeness (QED) is 0.804. The van der Waals surface area contributed by atoms with Crippen molar-refractivity contribution >= 4 is 31.3 Å². The Hall–Kier alpha value is -0.670. The molecule has 2 aliphatic rings. The maximum absolute atomic E-state index is 12.9. The summed E-state index contributed by atoms with van der Waals surface area (Å²) in [7, 11) is -7.16. The number of hydrogen-bond donors (Lipinski definition) is 1. The minimum absolute atomic E-state index is 0.0205. The molecule has 1 N–H and O–H groups in total. The molecular weight excluding hydrogens is 374 g/mol.